The molecule has 16 heavy (non-hydrogen) atoms. The van der Waals surface area contributed by atoms with Crippen molar-refractivity contribution in [2.75, 3.05) is 13.7 Å². The number of carbonyl (C=O) groups is 1. The van der Waals surface area contributed by atoms with Crippen molar-refractivity contribution >= 4 is 5.97 Å². The molecule has 0 N–H and O–H groups in total. The van der Waals surface area contributed by atoms with Crippen LogP contribution in [-0.4, -0.2) is 30.6 Å². The predicted octanol–water partition coefficient (Wildman–Crippen LogP) is 2.33. The van der Waals surface area contributed by atoms with Crippen LogP contribution in [0.2, 0.25) is 0 Å². The van der Waals surface area contributed by atoms with Gasteiger partial charge in [-0.15, -0.1) is 0 Å². The van der Waals surface area contributed by atoms with E-state index in [4.69, 9.17) is 0 Å². The Morgan fingerprint density at radius 3 is 2.81 bits per heavy atom. The number of esters is 1. The van der Waals surface area contributed by atoms with Crippen LogP contribution in [0.25, 0.3) is 0 Å². The van der Waals surface area contributed by atoms with Crippen molar-refractivity contribution in [1.29, 1.82) is 0 Å². The Hall–Kier alpha value is -0.990. The summed E-state index contributed by atoms with van der Waals surface area (Å²) in [7, 11) is 1.42. The first-order valence-electron chi connectivity index (χ1n) is 6.33. The van der Waals surface area contributed by atoms with Crippen molar-refractivity contribution in [3.05, 3.63) is 12.3 Å². The molecule has 0 spiro atoms. The molecule has 0 amide bonds. The van der Waals surface area contributed by atoms with Crippen molar-refractivity contribution < 1.29 is 9.53 Å². The van der Waals surface area contributed by atoms with Crippen LogP contribution in [-0.2, 0) is 9.53 Å². The number of ether oxygens (including phenoxy) is 1. The molecule has 0 aromatic rings. The molecule has 1 saturated carbocycles. The number of fused-ring (bicyclic) bond motifs is 1. The van der Waals surface area contributed by atoms with Gasteiger partial charge in [-0.3, -0.25) is 0 Å². The lowest BCUT2D eigenvalue weighted by molar-refractivity contribution is -0.134. The molecule has 2 unspecified atom stereocenters. The minimum Gasteiger partial charge on any atom is -0.466 e. The molecule has 1 aliphatic carbocycles. The van der Waals surface area contributed by atoms with Gasteiger partial charge in [0.1, 0.15) is 0 Å². The Morgan fingerprint density at radius 1 is 1.25 bits per heavy atom. The molecular weight excluding hydrogens is 202 g/mol. The van der Waals surface area contributed by atoms with Crippen LogP contribution in [0, 0.1) is 5.92 Å². The van der Waals surface area contributed by atoms with Gasteiger partial charge in [-0.2, -0.15) is 0 Å². The first-order chi connectivity index (χ1) is 7.81. The van der Waals surface area contributed by atoms with Crippen LogP contribution < -0.4 is 0 Å². The molecule has 2 aliphatic rings. The second kappa shape index (κ2) is 5.37. The summed E-state index contributed by atoms with van der Waals surface area (Å²) in [6.07, 6.45) is 11.5. The van der Waals surface area contributed by atoms with Gasteiger partial charge in [-0.05, 0) is 31.6 Å². The zero-order valence-corrected chi connectivity index (χ0v) is 10.0. The molecule has 1 aliphatic heterocycles. The highest BCUT2D eigenvalue weighted by molar-refractivity contribution is 5.81. The Labute approximate surface area is 97.5 Å². The van der Waals surface area contributed by atoms with Crippen LogP contribution in [0.5, 0.6) is 0 Å². The molecular formula is C13H21NO2. The highest BCUT2D eigenvalue weighted by Gasteiger charge is 2.31. The van der Waals surface area contributed by atoms with E-state index in [1.54, 1.807) is 6.08 Å². The number of methoxy groups -OCH3 is 1. The van der Waals surface area contributed by atoms with Gasteiger partial charge in [0, 0.05) is 24.9 Å². The Bertz CT molecular complexity index is 273. The minimum atomic E-state index is -0.252. The van der Waals surface area contributed by atoms with Crippen molar-refractivity contribution in [3.8, 4) is 0 Å². The van der Waals surface area contributed by atoms with Gasteiger partial charge in [0.2, 0.25) is 0 Å². The van der Waals surface area contributed by atoms with E-state index in [2.05, 4.69) is 9.64 Å². The summed E-state index contributed by atoms with van der Waals surface area (Å²) in [6.45, 7) is 1.09. The fourth-order valence-corrected chi connectivity index (χ4v) is 3.07. The molecule has 90 valence electrons. The molecule has 2 fully saturated rings. The average molecular weight is 223 g/mol. The monoisotopic (exact) mass is 223 g/mol. The number of rotatable bonds is 2. The third-order valence-corrected chi connectivity index (χ3v) is 3.89. The predicted molar refractivity (Wildman–Crippen MR) is 62.8 cm³/mol. The summed E-state index contributed by atoms with van der Waals surface area (Å²) in [6, 6.07) is 0.670. The number of hydrogen-bond donors (Lipinski definition) is 0. The van der Waals surface area contributed by atoms with Gasteiger partial charge >= 0.3 is 5.97 Å². The summed E-state index contributed by atoms with van der Waals surface area (Å²) in [5, 5.41) is 0. The zero-order chi connectivity index (χ0) is 11.4. The van der Waals surface area contributed by atoms with E-state index in [-0.39, 0.29) is 5.97 Å². The normalized spacial score (nSPS) is 30.2. The van der Waals surface area contributed by atoms with Gasteiger partial charge < -0.3 is 9.64 Å². The molecule has 3 nitrogen and oxygen atoms in total. The van der Waals surface area contributed by atoms with Crippen LogP contribution in [0.4, 0.5) is 0 Å². The van der Waals surface area contributed by atoms with E-state index < -0.39 is 0 Å². The van der Waals surface area contributed by atoms with Gasteiger partial charge in [0.05, 0.1) is 7.11 Å². The standard InChI is InChI=1S/C13H21NO2/c1-16-13(15)8-10-14-9-4-6-11-5-2-3-7-12(11)14/h8,10-12H,2-7,9H2,1H3. The first kappa shape index (κ1) is 11.5. The number of hydrogen-bond acceptors (Lipinski definition) is 3. The van der Waals surface area contributed by atoms with Crippen LogP contribution in [0.15, 0.2) is 12.3 Å². The van der Waals surface area contributed by atoms with E-state index in [0.717, 1.165) is 12.5 Å². The lowest BCUT2D eigenvalue weighted by atomic mass is 9.78. The van der Waals surface area contributed by atoms with E-state index >= 15 is 0 Å². The molecule has 2 rings (SSSR count). The Morgan fingerprint density at radius 2 is 2.00 bits per heavy atom. The van der Waals surface area contributed by atoms with Gasteiger partial charge in [0.25, 0.3) is 0 Å². The van der Waals surface area contributed by atoms with E-state index in [1.165, 1.54) is 45.6 Å². The van der Waals surface area contributed by atoms with Crippen molar-refractivity contribution in [1.82, 2.24) is 4.90 Å². The molecule has 0 aromatic heterocycles. The van der Waals surface area contributed by atoms with Gasteiger partial charge in [-0.25, -0.2) is 4.79 Å². The zero-order valence-electron chi connectivity index (χ0n) is 10.0. The maximum atomic E-state index is 11.1. The minimum absolute atomic E-state index is 0.252. The second-order valence-electron chi connectivity index (χ2n) is 4.83. The Kier molecular flexibility index (Phi) is 3.86. The maximum absolute atomic E-state index is 11.1. The number of nitrogens with zero attached hydrogens (tertiary/aromatic N) is 1. The van der Waals surface area contributed by atoms with E-state index in [9.17, 15) is 4.79 Å². The van der Waals surface area contributed by atoms with Crippen molar-refractivity contribution in [2.24, 2.45) is 5.92 Å². The Balaban J connectivity index is 1.97. The molecule has 1 heterocycles. The summed E-state index contributed by atoms with van der Waals surface area (Å²) in [5.41, 5.74) is 0. The van der Waals surface area contributed by atoms with Crippen LogP contribution >= 0.6 is 0 Å². The van der Waals surface area contributed by atoms with Crippen molar-refractivity contribution in [3.63, 3.8) is 0 Å². The fourth-order valence-electron chi connectivity index (χ4n) is 3.07. The molecule has 1 saturated heterocycles. The highest BCUT2D eigenvalue weighted by Crippen LogP contribution is 2.35. The topological polar surface area (TPSA) is 29.5 Å². The van der Waals surface area contributed by atoms with Crippen LogP contribution in [0.3, 0.4) is 0 Å². The number of likely N-dealkylation sites (tertiary alicyclic amines) is 1. The average Bonchev–Trinajstić information content (AvgIpc) is 2.35. The highest BCUT2D eigenvalue weighted by atomic mass is 16.5. The second-order valence-corrected chi connectivity index (χ2v) is 4.83. The van der Waals surface area contributed by atoms with Gasteiger partial charge in [-0.1, -0.05) is 12.8 Å². The maximum Gasteiger partial charge on any atom is 0.331 e. The summed E-state index contributed by atoms with van der Waals surface area (Å²) >= 11 is 0. The number of carbonyl (C=O) groups excluding carboxylic acids is 1. The fraction of sp³-hybridized carbons (Fsp3) is 0.769. The summed E-state index contributed by atoms with van der Waals surface area (Å²) in [4.78, 5) is 13.4. The number of piperidine rings is 1. The molecule has 0 aromatic carbocycles. The third-order valence-electron chi connectivity index (χ3n) is 3.89. The molecule has 3 heteroatoms. The van der Waals surface area contributed by atoms with E-state index in [1.807, 2.05) is 6.20 Å². The molecule has 2 atom stereocenters. The summed E-state index contributed by atoms with van der Waals surface area (Å²) < 4.78 is 4.62. The quantitative estimate of drug-likeness (QED) is 0.531. The lowest BCUT2D eigenvalue weighted by Crippen LogP contribution is -2.43. The first-order valence-corrected chi connectivity index (χ1v) is 6.33. The summed E-state index contributed by atoms with van der Waals surface area (Å²) in [5.74, 6) is 0.600. The SMILES string of the molecule is COC(=O)C=CN1CCCC2CCCCC21. The van der Waals surface area contributed by atoms with E-state index in [0.29, 0.717) is 6.04 Å². The van der Waals surface area contributed by atoms with Crippen molar-refractivity contribution in [2.45, 2.75) is 44.6 Å². The lowest BCUT2D eigenvalue weighted by Gasteiger charge is -2.43. The van der Waals surface area contributed by atoms with Crippen LogP contribution in [0.1, 0.15) is 38.5 Å². The van der Waals surface area contributed by atoms with Gasteiger partial charge in [0.15, 0.2) is 0 Å². The largest absolute Gasteiger partial charge is 0.466 e. The molecule has 0 radical (unpaired) electrons. The smallest absolute Gasteiger partial charge is 0.331 e. The third kappa shape index (κ3) is 2.57. The molecule has 0 bridgehead atoms.